The number of rotatable bonds is 2. The molecule has 5 aromatic carbocycles. The minimum atomic E-state index is -0.566. The van der Waals surface area contributed by atoms with E-state index in [1.807, 2.05) is 0 Å². The van der Waals surface area contributed by atoms with Crippen molar-refractivity contribution < 1.29 is 4.79 Å². The van der Waals surface area contributed by atoms with Crippen molar-refractivity contribution in [2.45, 2.75) is 37.5 Å². The molecule has 0 fully saturated rings. The highest BCUT2D eigenvalue weighted by atomic mass is 16.1. The standard InChI is InChI=1S/C33H26O/c1-3-20-21-12-4-5-13-22(21)24-15-7-10-18-27(24)30(20)33(2)31-28-19-11-8-16-25(28)23-14-6-9-17-26(23)29(31)32(33)34/h4-20,30H,3H2,1-2H3. The van der Waals surface area contributed by atoms with Crippen LogP contribution in [-0.4, -0.2) is 5.78 Å². The maximum Gasteiger partial charge on any atom is 0.174 e. The Hall–Kier alpha value is -3.71. The number of hydrogen-bond acceptors (Lipinski definition) is 1. The lowest BCUT2D eigenvalue weighted by Crippen LogP contribution is -2.51. The molecule has 0 saturated heterocycles. The molecule has 3 atom stereocenters. The summed E-state index contributed by atoms with van der Waals surface area (Å²) in [4.78, 5) is 14.3. The van der Waals surface area contributed by atoms with Crippen LogP contribution in [-0.2, 0) is 5.41 Å². The van der Waals surface area contributed by atoms with Gasteiger partial charge < -0.3 is 0 Å². The largest absolute Gasteiger partial charge is 0.293 e. The topological polar surface area (TPSA) is 17.1 Å². The summed E-state index contributed by atoms with van der Waals surface area (Å²) < 4.78 is 0. The highest BCUT2D eigenvalue weighted by molar-refractivity contribution is 6.29. The van der Waals surface area contributed by atoms with Crippen molar-refractivity contribution in [2.75, 3.05) is 0 Å². The zero-order valence-corrected chi connectivity index (χ0v) is 19.5. The van der Waals surface area contributed by atoms with Crippen molar-refractivity contribution in [3.8, 4) is 11.1 Å². The Bertz CT molecular complexity index is 1640. The van der Waals surface area contributed by atoms with Crippen LogP contribution in [0.3, 0.4) is 0 Å². The molecule has 0 aliphatic heterocycles. The molecule has 34 heavy (non-hydrogen) atoms. The van der Waals surface area contributed by atoms with E-state index in [-0.39, 0.29) is 5.92 Å². The number of fused-ring (bicyclic) bond motifs is 9. The first kappa shape index (κ1) is 19.7. The van der Waals surface area contributed by atoms with E-state index >= 15 is 0 Å². The Morgan fingerprint density at radius 1 is 0.647 bits per heavy atom. The Balaban J connectivity index is 1.58. The minimum absolute atomic E-state index is 0.105. The van der Waals surface area contributed by atoms with Crippen LogP contribution < -0.4 is 0 Å². The molecular formula is C33H26O. The zero-order chi connectivity index (χ0) is 23.0. The van der Waals surface area contributed by atoms with E-state index in [2.05, 4.69) is 111 Å². The van der Waals surface area contributed by atoms with Gasteiger partial charge in [0.25, 0.3) is 0 Å². The predicted molar refractivity (Wildman–Crippen MR) is 141 cm³/mol. The van der Waals surface area contributed by atoms with E-state index in [0.29, 0.717) is 11.7 Å². The normalized spacial score (nSPS) is 22.7. The van der Waals surface area contributed by atoms with Crippen molar-refractivity contribution in [3.05, 3.63) is 119 Å². The summed E-state index contributed by atoms with van der Waals surface area (Å²) in [6, 6.07) is 34.6. The molecule has 2 aliphatic rings. The van der Waals surface area contributed by atoms with Gasteiger partial charge in [-0.1, -0.05) is 104 Å². The Kier molecular flexibility index (Phi) is 4.00. The summed E-state index contributed by atoms with van der Waals surface area (Å²) in [5.74, 6) is 0.689. The van der Waals surface area contributed by atoms with Gasteiger partial charge in [-0.2, -0.15) is 0 Å². The van der Waals surface area contributed by atoms with Crippen LogP contribution in [0.1, 0.15) is 59.2 Å². The Morgan fingerprint density at radius 3 is 1.82 bits per heavy atom. The second-order valence-electron chi connectivity index (χ2n) is 10.0. The molecule has 7 rings (SSSR count). The molecule has 1 heteroatoms. The molecule has 0 aromatic heterocycles. The highest BCUT2D eigenvalue weighted by Gasteiger charge is 2.58. The van der Waals surface area contributed by atoms with E-state index in [1.165, 1.54) is 44.0 Å². The highest BCUT2D eigenvalue weighted by Crippen LogP contribution is 2.62. The number of benzene rings is 5. The van der Waals surface area contributed by atoms with E-state index in [9.17, 15) is 4.79 Å². The van der Waals surface area contributed by atoms with Crippen LogP contribution in [0, 0.1) is 0 Å². The maximum atomic E-state index is 14.3. The first-order valence-electron chi connectivity index (χ1n) is 12.3. The van der Waals surface area contributed by atoms with Gasteiger partial charge in [-0.25, -0.2) is 0 Å². The smallest absolute Gasteiger partial charge is 0.174 e. The average molecular weight is 439 g/mol. The van der Waals surface area contributed by atoms with Crippen molar-refractivity contribution in [1.29, 1.82) is 0 Å². The van der Waals surface area contributed by atoms with Gasteiger partial charge in [-0.05, 0) is 68.6 Å². The quantitative estimate of drug-likeness (QED) is 0.253. The van der Waals surface area contributed by atoms with E-state index < -0.39 is 5.41 Å². The fraction of sp³-hybridized carbons (Fsp3) is 0.182. The number of carbonyl (C=O) groups is 1. The summed E-state index contributed by atoms with van der Waals surface area (Å²) >= 11 is 0. The molecule has 1 nitrogen and oxygen atoms in total. The molecule has 0 saturated carbocycles. The fourth-order valence-electron chi connectivity index (χ4n) is 7.17. The summed E-state index contributed by atoms with van der Waals surface area (Å²) in [5, 5.41) is 4.74. The van der Waals surface area contributed by atoms with Crippen molar-refractivity contribution in [1.82, 2.24) is 0 Å². The lowest BCUT2D eigenvalue weighted by molar-refractivity contribution is 0.0808. The maximum absolute atomic E-state index is 14.3. The Labute approximate surface area is 200 Å². The van der Waals surface area contributed by atoms with Gasteiger partial charge in [-0.3, -0.25) is 4.79 Å². The molecular weight excluding hydrogens is 412 g/mol. The minimum Gasteiger partial charge on any atom is -0.293 e. The van der Waals surface area contributed by atoms with Gasteiger partial charge in [0.05, 0.1) is 5.41 Å². The summed E-state index contributed by atoms with van der Waals surface area (Å²) in [7, 11) is 0. The Morgan fingerprint density at radius 2 is 1.15 bits per heavy atom. The molecule has 3 unspecified atom stereocenters. The molecule has 2 aliphatic carbocycles. The van der Waals surface area contributed by atoms with Crippen molar-refractivity contribution in [3.63, 3.8) is 0 Å². The van der Waals surface area contributed by atoms with Crippen molar-refractivity contribution in [2.24, 2.45) is 0 Å². The number of hydrogen-bond donors (Lipinski definition) is 0. The SMILES string of the molecule is CCC1c2ccccc2-c2ccccc2C1C1(C)C(=O)c2c1c1ccccc1c1ccccc21. The zero-order valence-electron chi connectivity index (χ0n) is 19.5. The predicted octanol–water partition coefficient (Wildman–Crippen LogP) is 8.41. The molecule has 5 aromatic rings. The van der Waals surface area contributed by atoms with Crippen LogP contribution in [0.4, 0.5) is 0 Å². The molecule has 164 valence electrons. The van der Waals surface area contributed by atoms with Gasteiger partial charge in [0, 0.05) is 11.5 Å². The second-order valence-corrected chi connectivity index (χ2v) is 10.0. The number of carbonyl (C=O) groups excluding carboxylic acids is 1. The molecule has 0 bridgehead atoms. The molecule has 0 amide bonds. The van der Waals surface area contributed by atoms with Crippen LogP contribution >= 0.6 is 0 Å². The van der Waals surface area contributed by atoms with E-state index in [1.54, 1.807) is 0 Å². The van der Waals surface area contributed by atoms with E-state index in [4.69, 9.17) is 0 Å². The monoisotopic (exact) mass is 438 g/mol. The third kappa shape index (κ3) is 2.27. The molecule has 0 N–H and O–H groups in total. The number of ketones is 1. The first-order chi connectivity index (χ1) is 16.7. The van der Waals surface area contributed by atoms with Gasteiger partial charge in [0.2, 0.25) is 0 Å². The van der Waals surface area contributed by atoms with Crippen molar-refractivity contribution >= 4 is 27.3 Å². The van der Waals surface area contributed by atoms with Gasteiger partial charge >= 0.3 is 0 Å². The van der Waals surface area contributed by atoms with Gasteiger partial charge in [0.15, 0.2) is 5.78 Å². The number of Topliss-reactive ketones (excluding diaryl/α,β-unsaturated/α-hetero) is 1. The van der Waals surface area contributed by atoms with E-state index in [0.717, 1.165) is 17.4 Å². The molecule has 0 heterocycles. The third-order valence-electron chi connectivity index (χ3n) is 8.56. The fourth-order valence-corrected chi connectivity index (χ4v) is 7.17. The van der Waals surface area contributed by atoms with Crippen LogP contribution in [0.15, 0.2) is 97.1 Å². The summed E-state index contributed by atoms with van der Waals surface area (Å²) in [6.45, 7) is 4.49. The lowest BCUT2D eigenvalue weighted by atomic mass is 9.49. The third-order valence-corrected chi connectivity index (χ3v) is 8.56. The van der Waals surface area contributed by atoms with Gasteiger partial charge in [0.1, 0.15) is 0 Å². The van der Waals surface area contributed by atoms with Gasteiger partial charge in [-0.15, -0.1) is 0 Å². The lowest BCUT2D eigenvalue weighted by Gasteiger charge is -2.51. The molecule has 0 spiro atoms. The van der Waals surface area contributed by atoms with Crippen LogP contribution in [0.25, 0.3) is 32.7 Å². The summed E-state index contributed by atoms with van der Waals surface area (Å²) in [5.41, 5.74) is 6.89. The van der Waals surface area contributed by atoms with Crippen LogP contribution in [0.2, 0.25) is 0 Å². The van der Waals surface area contributed by atoms with Crippen LogP contribution in [0.5, 0.6) is 0 Å². The summed E-state index contributed by atoms with van der Waals surface area (Å²) in [6.07, 6.45) is 1.000. The second kappa shape index (κ2) is 6.90. The molecule has 0 radical (unpaired) electrons. The first-order valence-corrected chi connectivity index (χ1v) is 12.3. The average Bonchev–Trinajstić information content (AvgIpc) is 2.90.